The van der Waals surface area contributed by atoms with Gasteiger partial charge in [0.2, 0.25) is 10.0 Å². The van der Waals surface area contributed by atoms with E-state index < -0.39 is 16.7 Å². The third kappa shape index (κ3) is 3.78. The van der Waals surface area contributed by atoms with E-state index in [4.69, 9.17) is 0 Å². The van der Waals surface area contributed by atoms with E-state index in [2.05, 4.69) is 9.71 Å². The third-order valence-electron chi connectivity index (χ3n) is 4.49. The highest BCUT2D eigenvalue weighted by Crippen LogP contribution is 2.27. The average Bonchev–Trinajstić information content (AvgIpc) is 2.82. The molecule has 136 valence electrons. The minimum Gasteiger partial charge on any atom is -0.350 e. The zero-order chi connectivity index (χ0) is 18.0. The fraction of sp³-hybridized carbons (Fsp3) is 0.471. The Balaban J connectivity index is 1.82. The first kappa shape index (κ1) is 17.7. The Labute approximate surface area is 146 Å². The van der Waals surface area contributed by atoms with Crippen molar-refractivity contribution in [3.63, 3.8) is 0 Å². The smallest absolute Gasteiger partial charge is 0.270 e. The van der Waals surface area contributed by atoms with Gasteiger partial charge in [-0.15, -0.1) is 0 Å². The van der Waals surface area contributed by atoms with Crippen LogP contribution in [-0.2, 0) is 10.0 Å². The summed E-state index contributed by atoms with van der Waals surface area (Å²) in [5.41, 5.74) is 2.60. The molecular formula is C17H22FN3O3S. The Morgan fingerprint density at radius 1 is 1.32 bits per heavy atom. The number of likely N-dealkylation sites (tertiary alicyclic amines) is 1. The SMILES string of the molecule is Cc1c(C(=O)N2CCC2)[nH]c2ccc(NS(=O)(=O)CCCCF)cc12. The molecule has 1 aliphatic rings. The quantitative estimate of drug-likeness (QED) is 0.738. The summed E-state index contributed by atoms with van der Waals surface area (Å²) in [5, 5.41) is 0.813. The molecule has 2 aromatic rings. The molecule has 1 aromatic heterocycles. The summed E-state index contributed by atoms with van der Waals surface area (Å²) in [6.07, 6.45) is 1.55. The van der Waals surface area contributed by atoms with Gasteiger partial charge in [0.1, 0.15) is 5.69 Å². The standard InChI is InChI=1S/C17H22FN3O3S/c1-12-14-11-13(20-25(23,24)10-3-2-7-18)5-6-15(14)19-16(12)17(22)21-8-4-9-21/h5-6,11,19-20H,2-4,7-10H2,1H3. The number of hydrogen-bond acceptors (Lipinski definition) is 3. The van der Waals surface area contributed by atoms with E-state index >= 15 is 0 Å². The van der Waals surface area contributed by atoms with Crippen LogP contribution in [0.1, 0.15) is 35.3 Å². The highest BCUT2D eigenvalue weighted by atomic mass is 32.2. The van der Waals surface area contributed by atoms with E-state index in [1.165, 1.54) is 0 Å². The number of carbonyl (C=O) groups is 1. The van der Waals surface area contributed by atoms with Gasteiger partial charge in [0.15, 0.2) is 0 Å². The summed E-state index contributed by atoms with van der Waals surface area (Å²) in [6.45, 7) is 2.89. The van der Waals surface area contributed by atoms with Gasteiger partial charge in [0, 0.05) is 29.7 Å². The predicted molar refractivity (Wildman–Crippen MR) is 96.2 cm³/mol. The van der Waals surface area contributed by atoms with Crippen molar-refractivity contribution in [2.24, 2.45) is 0 Å². The van der Waals surface area contributed by atoms with Gasteiger partial charge in [-0.1, -0.05) is 0 Å². The third-order valence-corrected chi connectivity index (χ3v) is 5.86. The lowest BCUT2D eigenvalue weighted by Crippen LogP contribution is -2.42. The van der Waals surface area contributed by atoms with E-state index in [0.717, 1.165) is 36.0 Å². The van der Waals surface area contributed by atoms with Crippen LogP contribution in [0.15, 0.2) is 18.2 Å². The van der Waals surface area contributed by atoms with Crippen molar-refractivity contribution in [3.8, 4) is 0 Å². The number of amides is 1. The maximum absolute atomic E-state index is 12.4. The molecular weight excluding hydrogens is 345 g/mol. The number of aromatic nitrogens is 1. The number of benzene rings is 1. The molecule has 1 fully saturated rings. The Kier molecular flexibility index (Phi) is 4.99. The summed E-state index contributed by atoms with van der Waals surface area (Å²) in [5.74, 6) is -0.131. The molecule has 1 saturated heterocycles. The molecule has 0 saturated carbocycles. The maximum Gasteiger partial charge on any atom is 0.270 e. The summed E-state index contributed by atoms with van der Waals surface area (Å²) in [4.78, 5) is 17.3. The van der Waals surface area contributed by atoms with Gasteiger partial charge in [-0.2, -0.15) is 0 Å². The number of alkyl halides is 1. The molecule has 1 aliphatic heterocycles. The van der Waals surface area contributed by atoms with Crippen LogP contribution in [0.3, 0.4) is 0 Å². The summed E-state index contributed by atoms with van der Waals surface area (Å²) >= 11 is 0. The number of unbranched alkanes of at least 4 members (excludes halogenated alkanes) is 1. The molecule has 6 nitrogen and oxygen atoms in total. The van der Waals surface area contributed by atoms with Crippen LogP contribution in [0.4, 0.5) is 10.1 Å². The van der Waals surface area contributed by atoms with Crippen LogP contribution < -0.4 is 4.72 Å². The van der Waals surface area contributed by atoms with Crippen LogP contribution >= 0.6 is 0 Å². The molecule has 3 rings (SSSR count). The molecule has 0 unspecified atom stereocenters. The van der Waals surface area contributed by atoms with Gasteiger partial charge in [-0.05, 0) is 49.9 Å². The number of sulfonamides is 1. The van der Waals surface area contributed by atoms with Crippen LogP contribution in [0.2, 0.25) is 0 Å². The Bertz CT molecular complexity index is 888. The van der Waals surface area contributed by atoms with Crippen molar-refractivity contribution >= 4 is 32.5 Å². The Hall–Kier alpha value is -2.09. The van der Waals surface area contributed by atoms with E-state index in [9.17, 15) is 17.6 Å². The van der Waals surface area contributed by atoms with Crippen molar-refractivity contribution < 1.29 is 17.6 Å². The van der Waals surface area contributed by atoms with Crippen molar-refractivity contribution in [1.82, 2.24) is 9.88 Å². The number of fused-ring (bicyclic) bond motifs is 1. The van der Waals surface area contributed by atoms with Gasteiger partial charge in [-0.3, -0.25) is 13.9 Å². The first-order chi connectivity index (χ1) is 11.9. The largest absolute Gasteiger partial charge is 0.350 e. The van der Waals surface area contributed by atoms with Crippen LogP contribution in [0.5, 0.6) is 0 Å². The van der Waals surface area contributed by atoms with Crippen molar-refractivity contribution in [2.45, 2.75) is 26.2 Å². The Morgan fingerprint density at radius 2 is 2.08 bits per heavy atom. The van der Waals surface area contributed by atoms with Gasteiger partial charge in [0.25, 0.3) is 5.91 Å². The van der Waals surface area contributed by atoms with E-state index in [0.29, 0.717) is 11.4 Å². The van der Waals surface area contributed by atoms with E-state index in [-0.39, 0.29) is 24.5 Å². The van der Waals surface area contributed by atoms with Crippen molar-refractivity contribution in [1.29, 1.82) is 0 Å². The minimum atomic E-state index is -3.51. The normalized spacial score (nSPS) is 14.6. The number of halogens is 1. The molecule has 1 amide bonds. The van der Waals surface area contributed by atoms with Crippen molar-refractivity contribution in [2.75, 3.05) is 30.2 Å². The number of nitrogens with one attached hydrogen (secondary N) is 2. The lowest BCUT2D eigenvalue weighted by molar-refractivity contribution is 0.0646. The summed E-state index contributed by atoms with van der Waals surface area (Å²) in [6, 6.07) is 5.14. The average molecular weight is 367 g/mol. The molecule has 8 heteroatoms. The maximum atomic E-state index is 12.4. The minimum absolute atomic E-state index is 0.0201. The predicted octanol–water partition coefficient (Wildman–Crippen LogP) is 2.81. The lowest BCUT2D eigenvalue weighted by Gasteiger charge is -2.30. The summed E-state index contributed by atoms with van der Waals surface area (Å²) < 4.78 is 38.7. The van der Waals surface area contributed by atoms with E-state index in [1.54, 1.807) is 23.1 Å². The molecule has 0 bridgehead atoms. The van der Waals surface area contributed by atoms with Gasteiger partial charge in [-0.25, -0.2) is 8.42 Å². The number of H-pyrrole nitrogens is 1. The fourth-order valence-electron chi connectivity index (χ4n) is 2.90. The second kappa shape index (κ2) is 7.03. The monoisotopic (exact) mass is 367 g/mol. The first-order valence-electron chi connectivity index (χ1n) is 8.39. The molecule has 0 spiro atoms. The first-order valence-corrected chi connectivity index (χ1v) is 10.0. The molecule has 1 aromatic carbocycles. The van der Waals surface area contributed by atoms with Gasteiger partial charge in [0.05, 0.1) is 12.4 Å². The number of nitrogens with zero attached hydrogens (tertiary/aromatic N) is 1. The van der Waals surface area contributed by atoms with Crippen LogP contribution in [0.25, 0.3) is 10.9 Å². The zero-order valence-corrected chi connectivity index (χ0v) is 15.0. The molecule has 0 atom stereocenters. The number of aryl methyl sites for hydroxylation is 1. The molecule has 0 aliphatic carbocycles. The Morgan fingerprint density at radius 3 is 2.72 bits per heavy atom. The molecule has 25 heavy (non-hydrogen) atoms. The second-order valence-electron chi connectivity index (χ2n) is 6.35. The number of carbonyl (C=O) groups excluding carboxylic acids is 1. The summed E-state index contributed by atoms with van der Waals surface area (Å²) in [7, 11) is -3.51. The topological polar surface area (TPSA) is 82.3 Å². The van der Waals surface area contributed by atoms with Crippen LogP contribution in [0, 0.1) is 6.92 Å². The lowest BCUT2D eigenvalue weighted by atomic mass is 10.1. The second-order valence-corrected chi connectivity index (χ2v) is 8.19. The highest BCUT2D eigenvalue weighted by molar-refractivity contribution is 7.92. The van der Waals surface area contributed by atoms with Gasteiger partial charge >= 0.3 is 0 Å². The zero-order valence-electron chi connectivity index (χ0n) is 14.1. The highest BCUT2D eigenvalue weighted by Gasteiger charge is 2.25. The molecule has 2 N–H and O–H groups in total. The fourth-order valence-corrected chi connectivity index (χ4v) is 4.07. The van der Waals surface area contributed by atoms with E-state index in [1.807, 2.05) is 6.92 Å². The number of rotatable bonds is 7. The number of anilines is 1. The molecule has 0 radical (unpaired) electrons. The number of aromatic amines is 1. The number of hydrogen-bond donors (Lipinski definition) is 2. The molecule has 2 heterocycles. The van der Waals surface area contributed by atoms with Gasteiger partial charge < -0.3 is 9.88 Å². The van der Waals surface area contributed by atoms with Crippen LogP contribution in [-0.4, -0.2) is 49.7 Å². The van der Waals surface area contributed by atoms with Crippen molar-refractivity contribution in [3.05, 3.63) is 29.5 Å².